The summed E-state index contributed by atoms with van der Waals surface area (Å²) >= 11 is 7.81. The van der Waals surface area contributed by atoms with Crippen molar-refractivity contribution in [3.8, 4) is 5.75 Å². The van der Waals surface area contributed by atoms with E-state index in [1.165, 1.54) is 6.20 Å². The Balaban J connectivity index is 1.60. The van der Waals surface area contributed by atoms with Crippen LogP contribution in [0.2, 0.25) is 5.02 Å². The average Bonchev–Trinajstić information content (AvgIpc) is 2.66. The first-order chi connectivity index (χ1) is 13.0. The van der Waals surface area contributed by atoms with Gasteiger partial charge in [0.05, 0.1) is 23.3 Å². The molecule has 8 nitrogen and oxygen atoms in total. The van der Waals surface area contributed by atoms with Gasteiger partial charge in [0.1, 0.15) is 11.4 Å². The fraction of sp³-hybridized carbons (Fsp3) is 0.353. The predicted molar refractivity (Wildman–Crippen MR) is 107 cm³/mol. The molecule has 0 bridgehead atoms. The van der Waals surface area contributed by atoms with Crippen LogP contribution >= 0.6 is 23.5 Å². The van der Waals surface area contributed by atoms with Crippen LogP contribution in [0.1, 0.15) is 12.8 Å². The molecule has 144 valence electrons. The molecule has 1 aliphatic rings. The standard InChI is InChI=1S/C17H20ClN5O3S/c1-26-12-2-4-13(5-3-12)27-22-8-6-11(7-9-22)21-15-14(18)10-20-17(19)16(15)23(24)25/h2-5,10-11H,6-9H2,1H3,(H3,19,20,21). The van der Waals surface area contributed by atoms with Crippen molar-refractivity contribution >= 4 is 40.7 Å². The molecule has 3 rings (SSSR count). The summed E-state index contributed by atoms with van der Waals surface area (Å²) in [5.41, 5.74) is 5.63. The summed E-state index contributed by atoms with van der Waals surface area (Å²) in [5, 5.41) is 14.7. The van der Waals surface area contributed by atoms with E-state index >= 15 is 0 Å². The molecule has 3 N–H and O–H groups in total. The molecule has 2 aromatic rings. The Bertz CT molecular complexity index is 813. The van der Waals surface area contributed by atoms with E-state index in [0.717, 1.165) is 36.6 Å². The molecular weight excluding hydrogens is 390 g/mol. The topological polar surface area (TPSA) is 107 Å². The third kappa shape index (κ3) is 4.74. The molecule has 2 heterocycles. The number of aromatic nitrogens is 1. The Labute approximate surface area is 166 Å². The minimum absolute atomic E-state index is 0.0794. The van der Waals surface area contributed by atoms with Crippen LogP contribution in [0.5, 0.6) is 5.75 Å². The van der Waals surface area contributed by atoms with Gasteiger partial charge in [-0.15, -0.1) is 0 Å². The number of pyridine rings is 1. The van der Waals surface area contributed by atoms with E-state index in [2.05, 4.69) is 14.6 Å². The maximum atomic E-state index is 11.3. The Morgan fingerprint density at radius 3 is 2.63 bits per heavy atom. The van der Waals surface area contributed by atoms with E-state index in [-0.39, 0.29) is 28.3 Å². The molecule has 0 saturated carbocycles. The summed E-state index contributed by atoms with van der Waals surface area (Å²) in [6, 6.07) is 8.00. The van der Waals surface area contributed by atoms with Crippen LogP contribution in [-0.2, 0) is 0 Å². The van der Waals surface area contributed by atoms with Gasteiger partial charge in [0.2, 0.25) is 5.82 Å². The fourth-order valence-electron chi connectivity index (χ4n) is 2.90. The SMILES string of the molecule is COc1ccc(SN2CCC(Nc3c(Cl)cnc(N)c3[N+](=O)[O-])CC2)cc1. The van der Waals surface area contributed by atoms with Gasteiger partial charge in [-0.05, 0) is 49.1 Å². The molecule has 1 saturated heterocycles. The summed E-state index contributed by atoms with van der Waals surface area (Å²) in [6.45, 7) is 1.70. The highest BCUT2D eigenvalue weighted by Crippen LogP contribution is 2.37. The number of ether oxygens (including phenoxy) is 1. The fourth-order valence-corrected chi connectivity index (χ4v) is 4.04. The van der Waals surface area contributed by atoms with E-state index in [9.17, 15) is 10.1 Å². The van der Waals surface area contributed by atoms with E-state index in [1.807, 2.05) is 24.3 Å². The second-order valence-corrected chi connectivity index (χ2v) is 7.66. The lowest BCUT2D eigenvalue weighted by Crippen LogP contribution is -2.35. The van der Waals surface area contributed by atoms with Crippen LogP contribution in [0, 0.1) is 10.1 Å². The van der Waals surface area contributed by atoms with Crippen molar-refractivity contribution in [3.63, 3.8) is 0 Å². The zero-order valence-corrected chi connectivity index (χ0v) is 16.3. The molecule has 1 fully saturated rings. The minimum Gasteiger partial charge on any atom is -0.497 e. The van der Waals surface area contributed by atoms with E-state index in [0.29, 0.717) is 0 Å². The Hall–Kier alpha value is -2.23. The van der Waals surface area contributed by atoms with Gasteiger partial charge in [-0.3, -0.25) is 10.1 Å². The molecular formula is C17H20ClN5O3S. The number of nitro groups is 1. The van der Waals surface area contributed by atoms with Gasteiger partial charge in [0.25, 0.3) is 0 Å². The van der Waals surface area contributed by atoms with Crippen molar-refractivity contribution < 1.29 is 9.66 Å². The number of methoxy groups -OCH3 is 1. The lowest BCUT2D eigenvalue weighted by Gasteiger charge is -2.32. The summed E-state index contributed by atoms with van der Waals surface area (Å²) in [4.78, 5) is 15.7. The number of nitrogens with one attached hydrogen (secondary N) is 1. The summed E-state index contributed by atoms with van der Waals surface area (Å²) < 4.78 is 7.45. The number of benzene rings is 1. The monoisotopic (exact) mass is 409 g/mol. The summed E-state index contributed by atoms with van der Waals surface area (Å²) in [5.74, 6) is 0.691. The molecule has 1 aromatic carbocycles. The van der Waals surface area contributed by atoms with Gasteiger partial charge >= 0.3 is 5.69 Å². The predicted octanol–water partition coefficient (Wildman–Crippen LogP) is 3.82. The van der Waals surface area contributed by atoms with Crippen molar-refractivity contribution in [1.82, 2.24) is 9.29 Å². The highest BCUT2D eigenvalue weighted by molar-refractivity contribution is 7.97. The summed E-state index contributed by atoms with van der Waals surface area (Å²) in [7, 11) is 1.65. The first-order valence-corrected chi connectivity index (χ1v) is 9.55. The normalized spacial score (nSPS) is 15.5. The van der Waals surface area contributed by atoms with Crippen molar-refractivity contribution in [2.45, 2.75) is 23.8 Å². The highest BCUT2D eigenvalue weighted by atomic mass is 35.5. The molecule has 0 amide bonds. The zero-order valence-electron chi connectivity index (χ0n) is 14.7. The van der Waals surface area contributed by atoms with Crippen LogP contribution in [-0.4, -0.2) is 40.5 Å². The van der Waals surface area contributed by atoms with Gasteiger partial charge in [0.15, 0.2) is 0 Å². The number of halogens is 1. The smallest absolute Gasteiger partial charge is 0.335 e. The number of nitrogens with two attached hydrogens (primary N) is 1. The van der Waals surface area contributed by atoms with E-state index < -0.39 is 4.92 Å². The van der Waals surface area contributed by atoms with Crippen molar-refractivity contribution in [1.29, 1.82) is 0 Å². The first kappa shape index (κ1) is 19.5. The van der Waals surface area contributed by atoms with E-state index in [4.69, 9.17) is 22.1 Å². The quantitative estimate of drug-likeness (QED) is 0.421. The minimum atomic E-state index is -0.550. The highest BCUT2D eigenvalue weighted by Gasteiger charge is 2.27. The second kappa shape index (κ2) is 8.64. The average molecular weight is 410 g/mol. The summed E-state index contributed by atoms with van der Waals surface area (Å²) in [6.07, 6.45) is 3.00. The number of piperidine rings is 1. The first-order valence-electron chi connectivity index (χ1n) is 8.39. The maximum absolute atomic E-state index is 11.3. The van der Waals surface area contributed by atoms with Crippen LogP contribution < -0.4 is 15.8 Å². The molecule has 1 aliphatic heterocycles. The van der Waals surface area contributed by atoms with Gasteiger partial charge < -0.3 is 15.8 Å². The lowest BCUT2D eigenvalue weighted by atomic mass is 10.1. The molecule has 10 heteroatoms. The third-order valence-electron chi connectivity index (χ3n) is 4.31. The van der Waals surface area contributed by atoms with Crippen molar-refractivity contribution in [3.05, 3.63) is 45.6 Å². The number of anilines is 2. The van der Waals surface area contributed by atoms with Crippen molar-refractivity contribution in [2.75, 3.05) is 31.2 Å². The number of hydrogen-bond acceptors (Lipinski definition) is 8. The molecule has 0 radical (unpaired) electrons. The number of rotatable bonds is 6. The van der Waals surface area contributed by atoms with Crippen LogP contribution in [0.15, 0.2) is 35.4 Å². The van der Waals surface area contributed by atoms with E-state index in [1.54, 1.807) is 19.1 Å². The zero-order chi connectivity index (χ0) is 19.4. The van der Waals surface area contributed by atoms with Crippen molar-refractivity contribution in [2.24, 2.45) is 0 Å². The lowest BCUT2D eigenvalue weighted by molar-refractivity contribution is -0.383. The third-order valence-corrected chi connectivity index (χ3v) is 5.71. The Morgan fingerprint density at radius 1 is 1.37 bits per heavy atom. The molecule has 0 spiro atoms. The molecule has 0 unspecified atom stereocenters. The Kier molecular flexibility index (Phi) is 6.25. The second-order valence-electron chi connectivity index (χ2n) is 6.09. The van der Waals surface area contributed by atoms with Crippen LogP contribution in [0.25, 0.3) is 0 Å². The van der Waals surface area contributed by atoms with Gasteiger partial charge in [-0.1, -0.05) is 11.6 Å². The number of nitrogen functional groups attached to an aromatic ring is 1. The molecule has 0 atom stereocenters. The van der Waals surface area contributed by atoms with Crippen LogP contribution in [0.4, 0.5) is 17.2 Å². The maximum Gasteiger partial charge on any atom is 0.335 e. The van der Waals surface area contributed by atoms with Crippen LogP contribution in [0.3, 0.4) is 0 Å². The molecule has 1 aromatic heterocycles. The van der Waals surface area contributed by atoms with Gasteiger partial charge in [-0.2, -0.15) is 0 Å². The molecule has 27 heavy (non-hydrogen) atoms. The number of hydrogen-bond donors (Lipinski definition) is 2. The Morgan fingerprint density at radius 2 is 2.04 bits per heavy atom. The van der Waals surface area contributed by atoms with Gasteiger partial charge in [-0.25, -0.2) is 9.29 Å². The number of nitrogens with zero attached hydrogens (tertiary/aromatic N) is 3. The molecule has 0 aliphatic carbocycles. The van der Waals surface area contributed by atoms with Gasteiger partial charge in [0, 0.05) is 24.0 Å². The largest absolute Gasteiger partial charge is 0.497 e.